The molecule has 2 aromatic heterocycles. The number of aryl methyl sites for hydroxylation is 1. The summed E-state index contributed by atoms with van der Waals surface area (Å²) in [5, 5.41) is 0. The number of nitrogens with one attached hydrogen (secondary N) is 1. The number of amides is 1. The predicted molar refractivity (Wildman–Crippen MR) is 59.3 cm³/mol. The SMILES string of the molecule is Cc1cn2cc(Br)cc(C(=O)NN)c2n1. The van der Waals surface area contributed by atoms with Crippen molar-refractivity contribution in [1.29, 1.82) is 0 Å². The Morgan fingerprint density at radius 2 is 2.33 bits per heavy atom. The Morgan fingerprint density at radius 1 is 1.60 bits per heavy atom. The van der Waals surface area contributed by atoms with Crippen LogP contribution in [0.1, 0.15) is 16.1 Å². The van der Waals surface area contributed by atoms with E-state index in [2.05, 4.69) is 26.3 Å². The van der Waals surface area contributed by atoms with E-state index in [1.54, 1.807) is 10.5 Å². The number of aromatic nitrogens is 2. The van der Waals surface area contributed by atoms with Gasteiger partial charge in [0.25, 0.3) is 5.91 Å². The molecule has 0 radical (unpaired) electrons. The average molecular weight is 269 g/mol. The van der Waals surface area contributed by atoms with E-state index < -0.39 is 0 Å². The molecule has 2 heterocycles. The van der Waals surface area contributed by atoms with Crippen LogP contribution in [0.2, 0.25) is 0 Å². The topological polar surface area (TPSA) is 72.4 Å². The van der Waals surface area contributed by atoms with E-state index >= 15 is 0 Å². The first kappa shape index (κ1) is 10.1. The molecule has 0 bridgehead atoms. The third-order valence-corrected chi connectivity index (χ3v) is 2.45. The Bertz CT molecular complexity index is 534. The standard InChI is InChI=1S/C9H9BrN4O/c1-5-3-14-4-6(10)2-7(8(14)12-5)9(15)13-11/h2-4H,11H2,1H3,(H,13,15). The highest BCUT2D eigenvalue weighted by Crippen LogP contribution is 2.17. The molecule has 0 spiro atoms. The molecule has 3 N–H and O–H groups in total. The molecule has 0 aliphatic carbocycles. The largest absolute Gasteiger partial charge is 0.305 e. The van der Waals surface area contributed by atoms with E-state index in [1.807, 2.05) is 19.3 Å². The molecule has 0 aliphatic rings. The lowest BCUT2D eigenvalue weighted by molar-refractivity contribution is 0.0954. The molecule has 1 amide bonds. The van der Waals surface area contributed by atoms with Gasteiger partial charge in [-0.3, -0.25) is 10.2 Å². The normalized spacial score (nSPS) is 10.6. The van der Waals surface area contributed by atoms with Crippen molar-refractivity contribution < 1.29 is 4.79 Å². The fourth-order valence-electron chi connectivity index (χ4n) is 1.43. The number of nitrogen functional groups attached to an aromatic ring is 1. The van der Waals surface area contributed by atoms with E-state index in [-0.39, 0.29) is 5.91 Å². The lowest BCUT2D eigenvalue weighted by atomic mass is 10.2. The molecule has 6 heteroatoms. The monoisotopic (exact) mass is 268 g/mol. The summed E-state index contributed by atoms with van der Waals surface area (Å²) in [6.45, 7) is 1.87. The highest BCUT2D eigenvalue weighted by Gasteiger charge is 2.12. The van der Waals surface area contributed by atoms with Gasteiger partial charge in [0, 0.05) is 16.9 Å². The van der Waals surface area contributed by atoms with Crippen LogP contribution >= 0.6 is 15.9 Å². The Kier molecular flexibility index (Phi) is 2.45. The second-order valence-electron chi connectivity index (χ2n) is 3.16. The number of hydrogen-bond acceptors (Lipinski definition) is 3. The molecule has 0 aromatic carbocycles. The molecule has 0 atom stereocenters. The number of nitrogens with zero attached hydrogens (tertiary/aromatic N) is 2. The molecule has 2 rings (SSSR count). The van der Waals surface area contributed by atoms with Gasteiger partial charge in [-0.15, -0.1) is 0 Å². The number of pyridine rings is 1. The molecule has 0 saturated heterocycles. The van der Waals surface area contributed by atoms with Crippen molar-refractivity contribution in [3.8, 4) is 0 Å². The molecule has 5 nitrogen and oxygen atoms in total. The van der Waals surface area contributed by atoms with E-state index in [4.69, 9.17) is 5.84 Å². The number of fused-ring (bicyclic) bond motifs is 1. The third kappa shape index (κ3) is 1.73. The van der Waals surface area contributed by atoms with Gasteiger partial charge in [0.2, 0.25) is 0 Å². The average Bonchev–Trinajstić information content (AvgIpc) is 2.55. The fraction of sp³-hybridized carbons (Fsp3) is 0.111. The van der Waals surface area contributed by atoms with Crippen LogP contribution in [0.3, 0.4) is 0 Å². The van der Waals surface area contributed by atoms with Gasteiger partial charge >= 0.3 is 0 Å². The lowest BCUT2D eigenvalue weighted by Gasteiger charge is -2.02. The first-order valence-electron chi connectivity index (χ1n) is 4.27. The minimum atomic E-state index is -0.355. The van der Waals surface area contributed by atoms with Crippen LogP contribution in [0.25, 0.3) is 5.65 Å². The van der Waals surface area contributed by atoms with Gasteiger partial charge in [-0.05, 0) is 28.9 Å². The highest BCUT2D eigenvalue weighted by molar-refractivity contribution is 9.10. The van der Waals surface area contributed by atoms with Gasteiger partial charge in [0.1, 0.15) is 5.65 Å². The molecular weight excluding hydrogens is 260 g/mol. The van der Waals surface area contributed by atoms with Crippen LogP contribution in [0.15, 0.2) is 22.9 Å². The number of carbonyl (C=O) groups excluding carboxylic acids is 1. The summed E-state index contributed by atoms with van der Waals surface area (Å²) in [4.78, 5) is 15.7. The van der Waals surface area contributed by atoms with Crippen LogP contribution in [-0.4, -0.2) is 15.3 Å². The molecule has 0 saturated carbocycles. The van der Waals surface area contributed by atoms with Gasteiger partial charge in [0.05, 0.1) is 11.3 Å². The molecule has 0 aliphatic heterocycles. The second kappa shape index (κ2) is 3.63. The number of rotatable bonds is 1. The van der Waals surface area contributed by atoms with Gasteiger partial charge < -0.3 is 4.40 Å². The van der Waals surface area contributed by atoms with Crippen molar-refractivity contribution in [3.05, 3.63) is 34.2 Å². The number of halogens is 1. The van der Waals surface area contributed by atoms with Crippen molar-refractivity contribution in [1.82, 2.24) is 14.8 Å². The molecular formula is C9H9BrN4O. The Labute approximate surface area is 94.4 Å². The van der Waals surface area contributed by atoms with Gasteiger partial charge in [-0.2, -0.15) is 0 Å². The van der Waals surface area contributed by atoms with Crippen molar-refractivity contribution in [2.24, 2.45) is 5.84 Å². The summed E-state index contributed by atoms with van der Waals surface area (Å²) in [5.74, 6) is 4.75. The first-order chi connectivity index (χ1) is 7.11. The number of hydrogen-bond donors (Lipinski definition) is 2. The zero-order valence-corrected chi connectivity index (χ0v) is 9.58. The zero-order chi connectivity index (χ0) is 11.0. The molecule has 0 fully saturated rings. The Morgan fingerprint density at radius 3 is 3.00 bits per heavy atom. The van der Waals surface area contributed by atoms with Gasteiger partial charge in [-0.1, -0.05) is 0 Å². The molecule has 2 aromatic rings. The fourth-order valence-corrected chi connectivity index (χ4v) is 1.88. The van der Waals surface area contributed by atoms with Crippen LogP contribution in [-0.2, 0) is 0 Å². The summed E-state index contributed by atoms with van der Waals surface area (Å²) in [7, 11) is 0. The van der Waals surface area contributed by atoms with E-state index in [0.29, 0.717) is 11.2 Å². The number of imidazole rings is 1. The minimum Gasteiger partial charge on any atom is -0.305 e. The first-order valence-corrected chi connectivity index (χ1v) is 5.07. The number of hydrazine groups is 1. The van der Waals surface area contributed by atoms with Crippen molar-refractivity contribution in [3.63, 3.8) is 0 Å². The van der Waals surface area contributed by atoms with Crippen LogP contribution in [0.5, 0.6) is 0 Å². The van der Waals surface area contributed by atoms with Crippen LogP contribution < -0.4 is 11.3 Å². The minimum absolute atomic E-state index is 0.355. The van der Waals surface area contributed by atoms with Crippen molar-refractivity contribution in [2.75, 3.05) is 0 Å². The van der Waals surface area contributed by atoms with E-state index in [0.717, 1.165) is 10.2 Å². The maximum Gasteiger partial charge on any atom is 0.268 e. The highest BCUT2D eigenvalue weighted by atomic mass is 79.9. The molecule has 78 valence electrons. The summed E-state index contributed by atoms with van der Waals surface area (Å²) < 4.78 is 2.58. The Hall–Kier alpha value is -1.40. The Balaban J connectivity index is 2.75. The van der Waals surface area contributed by atoms with E-state index in [1.165, 1.54) is 0 Å². The third-order valence-electron chi connectivity index (χ3n) is 2.01. The predicted octanol–water partition coefficient (Wildman–Crippen LogP) is 1.01. The van der Waals surface area contributed by atoms with Crippen molar-refractivity contribution in [2.45, 2.75) is 6.92 Å². The summed E-state index contributed by atoms with van der Waals surface area (Å²) in [5.41, 5.74) is 3.98. The smallest absolute Gasteiger partial charge is 0.268 e. The number of nitrogens with two attached hydrogens (primary N) is 1. The van der Waals surface area contributed by atoms with Crippen molar-refractivity contribution >= 4 is 27.5 Å². The summed E-state index contributed by atoms with van der Waals surface area (Å²) in [6.07, 6.45) is 3.68. The van der Waals surface area contributed by atoms with Gasteiger partial charge in [0.15, 0.2) is 0 Å². The van der Waals surface area contributed by atoms with Crippen LogP contribution in [0.4, 0.5) is 0 Å². The lowest BCUT2D eigenvalue weighted by Crippen LogP contribution is -2.30. The quantitative estimate of drug-likeness (QED) is 0.461. The summed E-state index contributed by atoms with van der Waals surface area (Å²) in [6, 6.07) is 1.68. The maximum absolute atomic E-state index is 11.5. The van der Waals surface area contributed by atoms with E-state index in [9.17, 15) is 4.79 Å². The zero-order valence-electron chi connectivity index (χ0n) is 7.99. The maximum atomic E-state index is 11.5. The second-order valence-corrected chi connectivity index (χ2v) is 4.07. The molecule has 0 unspecified atom stereocenters. The van der Waals surface area contributed by atoms with Gasteiger partial charge in [-0.25, -0.2) is 10.8 Å². The number of carbonyl (C=O) groups is 1. The van der Waals surface area contributed by atoms with Crippen LogP contribution in [0, 0.1) is 6.92 Å². The summed E-state index contributed by atoms with van der Waals surface area (Å²) >= 11 is 3.32. The molecule has 15 heavy (non-hydrogen) atoms.